The summed E-state index contributed by atoms with van der Waals surface area (Å²) in [6, 6.07) is 14.6. The lowest BCUT2D eigenvalue weighted by Crippen LogP contribution is -2.40. The molecule has 2 aromatic carbocycles. The van der Waals surface area contributed by atoms with E-state index in [-0.39, 0.29) is 41.1 Å². The van der Waals surface area contributed by atoms with Crippen molar-refractivity contribution in [1.29, 1.82) is 0 Å². The monoisotopic (exact) mass is 411 g/mol. The quantitative estimate of drug-likeness (QED) is 0.518. The van der Waals surface area contributed by atoms with E-state index in [9.17, 15) is 9.59 Å². The molecule has 0 radical (unpaired) electrons. The molecule has 2 aromatic rings. The molecule has 2 aliphatic rings. The summed E-state index contributed by atoms with van der Waals surface area (Å²) in [5.41, 5.74) is 0.456. The van der Waals surface area contributed by atoms with Crippen molar-refractivity contribution in [2.45, 2.75) is 51.0 Å². The van der Waals surface area contributed by atoms with Gasteiger partial charge in [-0.3, -0.25) is 9.59 Å². The average Bonchev–Trinajstić information content (AvgIpc) is 2.93. The van der Waals surface area contributed by atoms with Crippen LogP contribution in [0.1, 0.15) is 40.0 Å². The Morgan fingerprint density at radius 1 is 1.10 bits per heavy atom. The van der Waals surface area contributed by atoms with E-state index < -0.39 is 0 Å². The molecule has 0 spiro atoms. The van der Waals surface area contributed by atoms with Crippen molar-refractivity contribution in [3.63, 3.8) is 0 Å². The molecule has 0 aromatic heterocycles. The fourth-order valence-electron chi connectivity index (χ4n) is 5.42. The number of amides is 1. The SMILES string of the molecule is CC1(C)C[C@@H]2C[C@@](C)(CN2C(=O)COC(=O)CSc2ccc3ccccc3c2)C1. The third kappa shape index (κ3) is 4.61. The molecule has 29 heavy (non-hydrogen) atoms. The minimum absolute atomic E-state index is 0.0551. The first-order valence-corrected chi connectivity index (χ1v) is 11.3. The maximum Gasteiger partial charge on any atom is 0.316 e. The highest BCUT2D eigenvalue weighted by molar-refractivity contribution is 8.00. The van der Waals surface area contributed by atoms with Crippen LogP contribution in [-0.2, 0) is 14.3 Å². The van der Waals surface area contributed by atoms with Crippen molar-refractivity contribution in [3.05, 3.63) is 42.5 Å². The van der Waals surface area contributed by atoms with Gasteiger partial charge >= 0.3 is 5.97 Å². The largest absolute Gasteiger partial charge is 0.455 e. The Labute approximate surface area is 177 Å². The lowest BCUT2D eigenvalue weighted by atomic mass is 9.65. The molecule has 0 N–H and O–H groups in total. The molecule has 2 bridgehead atoms. The number of rotatable bonds is 5. The van der Waals surface area contributed by atoms with Crippen LogP contribution in [0.4, 0.5) is 0 Å². The van der Waals surface area contributed by atoms with Crippen LogP contribution in [0.2, 0.25) is 0 Å². The van der Waals surface area contributed by atoms with Crippen molar-refractivity contribution < 1.29 is 14.3 Å². The van der Waals surface area contributed by atoms with Gasteiger partial charge in [-0.1, -0.05) is 51.1 Å². The van der Waals surface area contributed by atoms with Gasteiger partial charge in [0.1, 0.15) is 0 Å². The summed E-state index contributed by atoms with van der Waals surface area (Å²) in [6.45, 7) is 7.48. The maximum atomic E-state index is 12.7. The Bertz CT molecular complexity index is 941. The summed E-state index contributed by atoms with van der Waals surface area (Å²) in [6.07, 6.45) is 3.23. The Balaban J connectivity index is 1.28. The second-order valence-electron chi connectivity index (χ2n) is 9.69. The summed E-state index contributed by atoms with van der Waals surface area (Å²) in [4.78, 5) is 27.9. The molecule has 1 heterocycles. The molecule has 154 valence electrons. The molecule has 2 fully saturated rings. The van der Waals surface area contributed by atoms with Crippen molar-refractivity contribution >= 4 is 34.4 Å². The molecule has 0 unspecified atom stereocenters. The van der Waals surface area contributed by atoms with Gasteiger partial charge in [0.05, 0.1) is 5.75 Å². The van der Waals surface area contributed by atoms with E-state index in [1.165, 1.54) is 17.1 Å². The minimum atomic E-state index is -0.342. The van der Waals surface area contributed by atoms with Gasteiger partial charge < -0.3 is 9.64 Å². The van der Waals surface area contributed by atoms with E-state index in [1.54, 1.807) is 0 Å². The van der Waals surface area contributed by atoms with E-state index in [0.717, 1.165) is 36.1 Å². The summed E-state index contributed by atoms with van der Waals surface area (Å²) in [5.74, 6) is -0.189. The highest BCUT2D eigenvalue weighted by Gasteiger charge is 2.50. The predicted octanol–water partition coefficient (Wildman–Crippen LogP) is 4.90. The number of nitrogens with zero attached hydrogens (tertiary/aromatic N) is 1. The number of likely N-dealkylation sites (tertiary alicyclic amines) is 1. The number of carbonyl (C=O) groups is 2. The number of hydrogen-bond donors (Lipinski definition) is 0. The minimum Gasteiger partial charge on any atom is -0.455 e. The fourth-order valence-corrected chi connectivity index (χ4v) is 6.16. The predicted molar refractivity (Wildman–Crippen MR) is 117 cm³/mol. The molecule has 1 aliphatic carbocycles. The summed E-state index contributed by atoms with van der Waals surface area (Å²) < 4.78 is 5.31. The first-order valence-electron chi connectivity index (χ1n) is 10.3. The zero-order valence-corrected chi connectivity index (χ0v) is 18.3. The lowest BCUT2D eigenvalue weighted by Gasteiger charge is -2.39. The molecule has 4 nitrogen and oxygen atoms in total. The van der Waals surface area contributed by atoms with Crippen molar-refractivity contribution in [1.82, 2.24) is 4.90 Å². The van der Waals surface area contributed by atoms with Gasteiger partial charge in [0.15, 0.2) is 6.61 Å². The number of esters is 1. The summed E-state index contributed by atoms with van der Waals surface area (Å²) in [7, 11) is 0. The van der Waals surface area contributed by atoms with Gasteiger partial charge in [-0.15, -0.1) is 11.8 Å². The maximum absolute atomic E-state index is 12.7. The van der Waals surface area contributed by atoms with E-state index in [1.807, 2.05) is 23.1 Å². The van der Waals surface area contributed by atoms with Crippen molar-refractivity contribution in [2.75, 3.05) is 18.9 Å². The van der Waals surface area contributed by atoms with Crippen molar-refractivity contribution in [3.8, 4) is 0 Å². The van der Waals surface area contributed by atoms with Crippen molar-refractivity contribution in [2.24, 2.45) is 10.8 Å². The Hall–Kier alpha value is -2.01. The van der Waals surface area contributed by atoms with E-state index in [0.29, 0.717) is 0 Å². The molecule has 1 saturated carbocycles. The summed E-state index contributed by atoms with van der Waals surface area (Å²) >= 11 is 1.44. The zero-order chi connectivity index (χ0) is 20.6. The van der Waals surface area contributed by atoms with Crippen LogP contribution in [0.25, 0.3) is 10.8 Å². The van der Waals surface area contributed by atoms with E-state index in [2.05, 4.69) is 45.0 Å². The molecule has 5 heteroatoms. The molecule has 4 rings (SSSR count). The summed E-state index contributed by atoms with van der Waals surface area (Å²) in [5, 5.41) is 2.33. The number of carbonyl (C=O) groups excluding carboxylic acids is 2. The Kier molecular flexibility index (Phi) is 5.36. The van der Waals surface area contributed by atoms with Crippen LogP contribution < -0.4 is 0 Å². The van der Waals surface area contributed by atoms with Crippen LogP contribution >= 0.6 is 11.8 Å². The van der Waals surface area contributed by atoms with Crippen LogP contribution in [0, 0.1) is 10.8 Å². The normalized spacial score (nSPS) is 25.2. The molecule has 1 saturated heterocycles. The van der Waals surface area contributed by atoms with Crippen LogP contribution in [0.5, 0.6) is 0 Å². The van der Waals surface area contributed by atoms with Gasteiger partial charge in [-0.05, 0) is 53.0 Å². The Morgan fingerprint density at radius 2 is 1.86 bits per heavy atom. The van der Waals surface area contributed by atoms with Gasteiger partial charge in [-0.2, -0.15) is 0 Å². The number of ether oxygens (including phenoxy) is 1. The third-order valence-corrected chi connectivity index (χ3v) is 7.14. The highest BCUT2D eigenvalue weighted by Crippen LogP contribution is 2.52. The highest BCUT2D eigenvalue weighted by atomic mass is 32.2. The molecular weight excluding hydrogens is 382 g/mol. The second-order valence-corrected chi connectivity index (χ2v) is 10.7. The van der Waals surface area contributed by atoms with Gasteiger partial charge in [0.25, 0.3) is 5.91 Å². The molecule has 2 atom stereocenters. The standard InChI is InChI=1S/C24H29NO3S/c1-23(2)11-19-12-24(3,15-23)16-25(19)21(26)13-28-22(27)14-29-20-9-8-17-6-4-5-7-18(17)10-20/h4-10,19H,11-16H2,1-3H3/t19-,24-/m1/s1. The average molecular weight is 412 g/mol. The molecule has 1 amide bonds. The van der Waals surface area contributed by atoms with E-state index in [4.69, 9.17) is 4.74 Å². The number of fused-ring (bicyclic) bond motifs is 3. The third-order valence-electron chi connectivity index (χ3n) is 6.17. The van der Waals surface area contributed by atoms with Crippen LogP contribution in [0.3, 0.4) is 0 Å². The smallest absolute Gasteiger partial charge is 0.316 e. The molecular formula is C24H29NO3S. The van der Waals surface area contributed by atoms with Gasteiger partial charge in [0.2, 0.25) is 0 Å². The first kappa shape index (κ1) is 20.3. The fraction of sp³-hybridized carbons (Fsp3) is 0.500. The first-order chi connectivity index (χ1) is 13.7. The topological polar surface area (TPSA) is 46.6 Å². The van der Waals surface area contributed by atoms with Crippen LogP contribution in [0.15, 0.2) is 47.4 Å². The molecule has 1 aliphatic heterocycles. The zero-order valence-electron chi connectivity index (χ0n) is 17.4. The van der Waals surface area contributed by atoms with E-state index >= 15 is 0 Å². The van der Waals surface area contributed by atoms with Gasteiger partial charge in [-0.25, -0.2) is 0 Å². The number of benzene rings is 2. The Morgan fingerprint density at radius 3 is 2.66 bits per heavy atom. The number of thioether (sulfide) groups is 1. The second kappa shape index (κ2) is 7.67. The lowest BCUT2D eigenvalue weighted by molar-refractivity contribution is -0.150. The number of hydrogen-bond acceptors (Lipinski definition) is 4. The van der Waals surface area contributed by atoms with Gasteiger partial charge in [0, 0.05) is 17.5 Å². The van der Waals surface area contributed by atoms with Crippen LogP contribution in [-0.4, -0.2) is 41.7 Å².